The van der Waals surface area contributed by atoms with E-state index in [2.05, 4.69) is 19.9 Å². The zero-order valence-electron chi connectivity index (χ0n) is 14.3. The molecule has 24 heavy (non-hydrogen) atoms. The van der Waals surface area contributed by atoms with Crippen LogP contribution in [-0.2, 0) is 14.3 Å². The van der Waals surface area contributed by atoms with E-state index in [0.717, 1.165) is 31.9 Å². The van der Waals surface area contributed by atoms with Crippen molar-refractivity contribution < 1.29 is 18.7 Å². The number of carbonyl (C=O) groups excluding carboxylic acids is 2. The van der Waals surface area contributed by atoms with E-state index in [1.807, 2.05) is 6.92 Å². The van der Waals surface area contributed by atoms with Crippen LogP contribution >= 0.6 is 0 Å². The van der Waals surface area contributed by atoms with Gasteiger partial charge in [-0.2, -0.15) is 0 Å². The number of hydrogen-bond donors (Lipinski definition) is 1. The largest absolute Gasteiger partial charge is 0.467 e. The van der Waals surface area contributed by atoms with E-state index in [0.29, 0.717) is 0 Å². The van der Waals surface area contributed by atoms with Crippen LogP contribution in [0.15, 0.2) is 24.3 Å². The van der Waals surface area contributed by atoms with Crippen LogP contribution in [0, 0.1) is 5.82 Å². The van der Waals surface area contributed by atoms with Gasteiger partial charge in [-0.15, -0.1) is 0 Å². The molecule has 1 aromatic rings. The third kappa shape index (κ3) is 4.44. The molecule has 1 fully saturated rings. The third-order valence-corrected chi connectivity index (χ3v) is 4.35. The summed E-state index contributed by atoms with van der Waals surface area (Å²) in [6, 6.07) is 5.44. The molecule has 6 nitrogen and oxygen atoms in total. The first-order valence-corrected chi connectivity index (χ1v) is 8.05. The van der Waals surface area contributed by atoms with Gasteiger partial charge in [-0.25, -0.2) is 9.18 Å². The van der Waals surface area contributed by atoms with E-state index < -0.39 is 12.0 Å². The molecule has 1 amide bonds. The number of amides is 1. The van der Waals surface area contributed by atoms with Gasteiger partial charge in [-0.05, 0) is 38.1 Å². The first kappa shape index (κ1) is 18.2. The number of benzene rings is 1. The predicted molar refractivity (Wildman–Crippen MR) is 89.3 cm³/mol. The second-order valence-corrected chi connectivity index (χ2v) is 5.93. The number of carbonyl (C=O) groups is 2. The molecular weight excluding hydrogens is 313 g/mol. The Labute approximate surface area is 141 Å². The number of piperazine rings is 1. The molecule has 0 aromatic heterocycles. The number of rotatable bonds is 5. The lowest BCUT2D eigenvalue weighted by molar-refractivity contribution is -0.145. The lowest BCUT2D eigenvalue weighted by Gasteiger charge is -2.38. The summed E-state index contributed by atoms with van der Waals surface area (Å²) in [4.78, 5) is 27.9. The summed E-state index contributed by atoms with van der Waals surface area (Å²) in [7, 11) is 1.29. The highest BCUT2D eigenvalue weighted by Crippen LogP contribution is 2.17. The summed E-state index contributed by atoms with van der Waals surface area (Å²) in [5.41, 5.74) is 0.979. The number of anilines is 1. The zero-order valence-corrected chi connectivity index (χ0v) is 14.3. The van der Waals surface area contributed by atoms with Crippen molar-refractivity contribution >= 4 is 17.6 Å². The molecule has 2 atom stereocenters. The van der Waals surface area contributed by atoms with Crippen molar-refractivity contribution in [2.24, 2.45) is 0 Å². The number of hydrogen-bond acceptors (Lipinski definition) is 5. The predicted octanol–water partition coefficient (Wildman–Crippen LogP) is 1.01. The van der Waals surface area contributed by atoms with Gasteiger partial charge in [0.25, 0.3) is 0 Å². The Hall–Kier alpha value is -2.15. The highest BCUT2D eigenvalue weighted by molar-refractivity contribution is 5.87. The van der Waals surface area contributed by atoms with Gasteiger partial charge in [0.2, 0.25) is 5.91 Å². The third-order valence-electron chi connectivity index (χ3n) is 4.35. The Morgan fingerprint density at radius 2 is 1.71 bits per heavy atom. The molecule has 0 bridgehead atoms. The molecule has 1 heterocycles. The highest BCUT2D eigenvalue weighted by Gasteiger charge is 2.27. The summed E-state index contributed by atoms with van der Waals surface area (Å²) in [6.45, 7) is 6.39. The normalized spacial score (nSPS) is 17.9. The molecule has 0 saturated carbocycles. The fourth-order valence-electron chi connectivity index (χ4n) is 2.75. The number of esters is 1. The van der Waals surface area contributed by atoms with Crippen molar-refractivity contribution in [1.29, 1.82) is 0 Å². The molecule has 1 aliphatic heterocycles. The van der Waals surface area contributed by atoms with Crippen LogP contribution in [-0.4, -0.2) is 62.1 Å². The van der Waals surface area contributed by atoms with Gasteiger partial charge >= 0.3 is 5.97 Å². The fraction of sp³-hybridized carbons (Fsp3) is 0.529. The molecule has 132 valence electrons. The van der Waals surface area contributed by atoms with Crippen LogP contribution in [0.5, 0.6) is 0 Å². The maximum Gasteiger partial charge on any atom is 0.328 e. The molecule has 0 spiro atoms. The minimum Gasteiger partial charge on any atom is -0.467 e. The van der Waals surface area contributed by atoms with Crippen LogP contribution in [0.2, 0.25) is 0 Å². The molecular formula is C17H24FN3O3. The number of halogens is 1. The van der Waals surface area contributed by atoms with Gasteiger partial charge in [0, 0.05) is 31.9 Å². The van der Waals surface area contributed by atoms with Gasteiger partial charge < -0.3 is 15.0 Å². The van der Waals surface area contributed by atoms with Crippen LogP contribution in [0.3, 0.4) is 0 Å². The molecule has 1 aliphatic rings. The van der Waals surface area contributed by atoms with E-state index in [1.165, 1.54) is 19.2 Å². The molecule has 1 N–H and O–H groups in total. The van der Waals surface area contributed by atoms with Gasteiger partial charge in [-0.1, -0.05) is 0 Å². The van der Waals surface area contributed by atoms with Gasteiger partial charge in [-0.3, -0.25) is 9.69 Å². The Morgan fingerprint density at radius 1 is 1.12 bits per heavy atom. The summed E-state index contributed by atoms with van der Waals surface area (Å²) >= 11 is 0. The topological polar surface area (TPSA) is 61.9 Å². The number of nitrogens with one attached hydrogen (secondary N) is 1. The van der Waals surface area contributed by atoms with Crippen molar-refractivity contribution in [1.82, 2.24) is 10.2 Å². The SMILES string of the molecule is COC(=O)[C@H](C)NC(=O)[C@H](C)N1CCN(c2ccc(F)cc2)CC1. The average molecular weight is 337 g/mol. The molecule has 2 rings (SSSR count). The summed E-state index contributed by atoms with van der Waals surface area (Å²) in [5.74, 6) is -0.901. The highest BCUT2D eigenvalue weighted by atomic mass is 19.1. The van der Waals surface area contributed by atoms with Gasteiger partial charge in [0.05, 0.1) is 13.2 Å². The lowest BCUT2D eigenvalue weighted by atomic mass is 10.2. The summed E-state index contributed by atoms with van der Waals surface area (Å²) in [5, 5.41) is 2.67. The number of nitrogens with zero attached hydrogens (tertiary/aromatic N) is 2. The number of methoxy groups -OCH3 is 1. The average Bonchev–Trinajstić information content (AvgIpc) is 2.61. The van der Waals surface area contributed by atoms with Crippen molar-refractivity contribution in [3.63, 3.8) is 0 Å². The Kier molecular flexibility index (Phi) is 6.14. The Bertz CT molecular complexity index is 571. The van der Waals surface area contributed by atoms with E-state index in [1.54, 1.807) is 19.1 Å². The second kappa shape index (κ2) is 8.10. The first-order valence-electron chi connectivity index (χ1n) is 8.05. The van der Waals surface area contributed by atoms with Crippen LogP contribution in [0.25, 0.3) is 0 Å². The smallest absolute Gasteiger partial charge is 0.328 e. The number of ether oxygens (including phenoxy) is 1. The van der Waals surface area contributed by atoms with E-state index >= 15 is 0 Å². The maximum atomic E-state index is 13.0. The van der Waals surface area contributed by atoms with Crippen LogP contribution < -0.4 is 10.2 Å². The van der Waals surface area contributed by atoms with Crippen LogP contribution in [0.4, 0.5) is 10.1 Å². The van der Waals surface area contributed by atoms with Gasteiger partial charge in [0.15, 0.2) is 0 Å². The standard InChI is InChI=1S/C17H24FN3O3/c1-12(17(23)24-3)19-16(22)13(2)20-8-10-21(11-9-20)15-6-4-14(18)5-7-15/h4-7,12-13H,8-11H2,1-3H3,(H,19,22)/t12-,13-/m0/s1. The molecule has 1 saturated heterocycles. The molecule has 7 heteroatoms. The van der Waals surface area contributed by atoms with Gasteiger partial charge in [0.1, 0.15) is 11.9 Å². The molecule has 0 unspecified atom stereocenters. The minimum absolute atomic E-state index is 0.192. The molecule has 1 aromatic carbocycles. The Morgan fingerprint density at radius 3 is 2.25 bits per heavy atom. The minimum atomic E-state index is -0.662. The quantitative estimate of drug-likeness (QED) is 0.813. The monoisotopic (exact) mass is 337 g/mol. The molecule has 0 aliphatic carbocycles. The van der Waals surface area contributed by atoms with Crippen molar-refractivity contribution in [2.45, 2.75) is 25.9 Å². The lowest BCUT2D eigenvalue weighted by Crippen LogP contribution is -2.55. The van der Waals surface area contributed by atoms with E-state index in [4.69, 9.17) is 0 Å². The fourth-order valence-corrected chi connectivity index (χ4v) is 2.75. The molecule has 0 radical (unpaired) electrons. The van der Waals surface area contributed by atoms with Crippen molar-refractivity contribution in [2.75, 3.05) is 38.2 Å². The second-order valence-electron chi connectivity index (χ2n) is 5.93. The van der Waals surface area contributed by atoms with Crippen LogP contribution in [0.1, 0.15) is 13.8 Å². The first-order chi connectivity index (χ1) is 11.4. The summed E-state index contributed by atoms with van der Waals surface area (Å²) in [6.07, 6.45) is 0. The van der Waals surface area contributed by atoms with Crippen molar-refractivity contribution in [3.8, 4) is 0 Å². The van der Waals surface area contributed by atoms with E-state index in [9.17, 15) is 14.0 Å². The zero-order chi connectivity index (χ0) is 17.7. The summed E-state index contributed by atoms with van der Waals surface area (Å²) < 4.78 is 17.6. The van der Waals surface area contributed by atoms with E-state index in [-0.39, 0.29) is 17.8 Å². The van der Waals surface area contributed by atoms with Crippen molar-refractivity contribution in [3.05, 3.63) is 30.1 Å². The Balaban J connectivity index is 1.85. The maximum absolute atomic E-state index is 13.0.